The van der Waals surface area contributed by atoms with Crippen LogP contribution in [0.4, 0.5) is 10.5 Å². The molecule has 0 bridgehead atoms. The van der Waals surface area contributed by atoms with E-state index in [0.717, 1.165) is 38.8 Å². The Bertz CT molecular complexity index is 1210. The number of nitrogens with zero attached hydrogens (tertiary/aromatic N) is 1. The van der Waals surface area contributed by atoms with Gasteiger partial charge in [-0.05, 0) is 42.3 Å². The average molecular weight is 401 g/mol. The van der Waals surface area contributed by atoms with Crippen molar-refractivity contribution >= 4 is 23.1 Å². The number of rotatable bonds is 4. The molecule has 2 aromatic carbocycles. The minimum absolute atomic E-state index is 0.207. The predicted octanol–water partition coefficient (Wildman–Crippen LogP) is 5.34. The minimum Gasteiger partial charge on any atom is -0.333 e. The Labute approximate surface area is 172 Å². The number of hydrogen-bond acceptors (Lipinski definition) is 3. The molecule has 2 aromatic heterocycles. The van der Waals surface area contributed by atoms with Crippen LogP contribution in [-0.2, 0) is 13.0 Å². The molecule has 5 nitrogen and oxygen atoms in total. The van der Waals surface area contributed by atoms with Gasteiger partial charge in [0, 0.05) is 28.1 Å². The Morgan fingerprint density at radius 3 is 2.93 bits per heavy atom. The van der Waals surface area contributed by atoms with Crippen LogP contribution in [0.5, 0.6) is 0 Å². The van der Waals surface area contributed by atoms with E-state index in [4.69, 9.17) is 0 Å². The maximum Gasteiger partial charge on any atom is 0.319 e. The molecule has 6 heteroatoms. The van der Waals surface area contributed by atoms with Crippen LogP contribution in [0.1, 0.15) is 21.6 Å². The van der Waals surface area contributed by atoms with Crippen molar-refractivity contribution in [2.75, 3.05) is 5.32 Å². The van der Waals surface area contributed by atoms with Gasteiger partial charge in [0.05, 0.1) is 17.1 Å². The molecule has 0 unspecified atom stereocenters. The number of carbonyl (C=O) groups is 1. The highest BCUT2D eigenvalue weighted by Gasteiger charge is 2.25. The molecule has 0 aliphatic heterocycles. The molecule has 4 aromatic rings. The number of aromatic nitrogens is 2. The number of fused-ring (bicyclic) bond motifs is 3. The van der Waals surface area contributed by atoms with E-state index in [1.54, 1.807) is 11.3 Å². The lowest BCUT2D eigenvalue weighted by atomic mass is 10.1. The van der Waals surface area contributed by atoms with Gasteiger partial charge in [0.25, 0.3) is 0 Å². The quantitative estimate of drug-likeness (QED) is 0.381. The summed E-state index contributed by atoms with van der Waals surface area (Å²) >= 11 is 1.66. The highest BCUT2D eigenvalue weighted by atomic mass is 32.1. The first-order chi connectivity index (χ1) is 14.2. The van der Waals surface area contributed by atoms with Crippen LogP contribution in [0.2, 0.25) is 0 Å². The normalized spacial score (nSPS) is 11.8. The van der Waals surface area contributed by atoms with Gasteiger partial charge in [0.1, 0.15) is 5.69 Å². The zero-order chi connectivity index (χ0) is 19.8. The topological polar surface area (TPSA) is 69.8 Å². The van der Waals surface area contributed by atoms with E-state index in [0.29, 0.717) is 6.54 Å². The first-order valence-corrected chi connectivity index (χ1v) is 10.3. The summed E-state index contributed by atoms with van der Waals surface area (Å²) in [5, 5.41) is 13.6. The van der Waals surface area contributed by atoms with Crippen molar-refractivity contribution < 1.29 is 4.79 Å². The van der Waals surface area contributed by atoms with Crippen LogP contribution in [0, 0.1) is 6.92 Å². The van der Waals surface area contributed by atoms with Crippen LogP contribution in [0.25, 0.3) is 21.8 Å². The highest BCUT2D eigenvalue weighted by molar-refractivity contribution is 7.15. The molecule has 0 saturated carbocycles. The highest BCUT2D eigenvalue weighted by Crippen LogP contribution is 2.41. The SMILES string of the molecule is Cc1cccc(NC(=O)NCc2ccc(-c3n[nH]c4c3Cc3ccccc3-4)s2)c1. The van der Waals surface area contributed by atoms with Crippen molar-refractivity contribution in [2.45, 2.75) is 19.9 Å². The summed E-state index contributed by atoms with van der Waals surface area (Å²) < 4.78 is 0. The molecule has 0 fully saturated rings. The van der Waals surface area contributed by atoms with E-state index in [1.165, 1.54) is 16.7 Å². The van der Waals surface area contributed by atoms with Gasteiger partial charge in [-0.25, -0.2) is 4.79 Å². The number of H-pyrrole nitrogens is 1. The van der Waals surface area contributed by atoms with Crippen molar-refractivity contribution in [3.63, 3.8) is 0 Å². The second-order valence-electron chi connectivity index (χ2n) is 7.20. The van der Waals surface area contributed by atoms with Gasteiger partial charge in [-0.1, -0.05) is 36.4 Å². The van der Waals surface area contributed by atoms with Gasteiger partial charge < -0.3 is 10.6 Å². The molecule has 0 saturated heterocycles. The standard InChI is InChI=1S/C23H20N4OS/c1-14-5-4-7-16(11-14)25-23(28)24-13-17-9-10-20(29-17)22-19-12-15-6-2-3-8-18(15)21(19)26-27-22/h2-11H,12-13H2,1H3,(H,26,27)(H2,24,25,28). The number of benzene rings is 2. The zero-order valence-corrected chi connectivity index (χ0v) is 16.8. The molecule has 5 rings (SSSR count). The van der Waals surface area contributed by atoms with E-state index in [9.17, 15) is 4.79 Å². The van der Waals surface area contributed by atoms with E-state index in [-0.39, 0.29) is 6.03 Å². The number of amides is 2. The third-order valence-corrected chi connectivity index (χ3v) is 6.21. The number of anilines is 1. The molecule has 29 heavy (non-hydrogen) atoms. The first kappa shape index (κ1) is 17.7. The second kappa shape index (κ2) is 7.22. The third kappa shape index (κ3) is 3.43. The molecule has 1 aliphatic carbocycles. The van der Waals surface area contributed by atoms with E-state index < -0.39 is 0 Å². The Morgan fingerprint density at radius 2 is 2.03 bits per heavy atom. The lowest BCUT2D eigenvalue weighted by molar-refractivity contribution is 0.252. The van der Waals surface area contributed by atoms with Gasteiger partial charge in [0.2, 0.25) is 0 Å². The molecule has 2 heterocycles. The van der Waals surface area contributed by atoms with Crippen LogP contribution < -0.4 is 10.6 Å². The van der Waals surface area contributed by atoms with Crippen LogP contribution in [0.15, 0.2) is 60.7 Å². The van der Waals surface area contributed by atoms with Crippen LogP contribution in [0.3, 0.4) is 0 Å². The summed E-state index contributed by atoms with van der Waals surface area (Å²) in [4.78, 5) is 14.4. The summed E-state index contributed by atoms with van der Waals surface area (Å²) in [6, 6.07) is 20.1. The van der Waals surface area contributed by atoms with Crippen molar-refractivity contribution in [1.82, 2.24) is 15.5 Å². The Morgan fingerprint density at radius 1 is 1.14 bits per heavy atom. The fourth-order valence-corrected chi connectivity index (χ4v) is 4.70. The Hall–Kier alpha value is -3.38. The van der Waals surface area contributed by atoms with Crippen molar-refractivity contribution in [2.24, 2.45) is 0 Å². The Balaban J connectivity index is 1.26. The fourth-order valence-electron chi connectivity index (χ4n) is 3.74. The molecule has 2 amide bonds. The molecular weight excluding hydrogens is 380 g/mol. The minimum atomic E-state index is -0.207. The lowest BCUT2D eigenvalue weighted by Crippen LogP contribution is -2.27. The molecule has 1 aliphatic rings. The lowest BCUT2D eigenvalue weighted by Gasteiger charge is -2.07. The predicted molar refractivity (Wildman–Crippen MR) is 117 cm³/mol. The molecule has 0 atom stereocenters. The maximum absolute atomic E-state index is 12.2. The summed E-state index contributed by atoms with van der Waals surface area (Å²) in [6.45, 7) is 2.48. The molecule has 0 radical (unpaired) electrons. The number of nitrogens with one attached hydrogen (secondary N) is 3. The van der Waals surface area contributed by atoms with Gasteiger partial charge in [-0.15, -0.1) is 11.3 Å². The summed E-state index contributed by atoms with van der Waals surface area (Å²) in [5.74, 6) is 0. The van der Waals surface area contributed by atoms with Crippen molar-refractivity contribution in [1.29, 1.82) is 0 Å². The largest absolute Gasteiger partial charge is 0.333 e. The summed E-state index contributed by atoms with van der Waals surface area (Å²) in [5.41, 5.74) is 7.87. The fraction of sp³-hybridized carbons (Fsp3) is 0.130. The average Bonchev–Trinajstić information content (AvgIpc) is 3.41. The number of hydrogen-bond donors (Lipinski definition) is 3. The van der Waals surface area contributed by atoms with Gasteiger partial charge >= 0.3 is 6.03 Å². The van der Waals surface area contributed by atoms with Crippen LogP contribution in [-0.4, -0.2) is 16.2 Å². The number of aryl methyl sites for hydroxylation is 1. The smallest absolute Gasteiger partial charge is 0.319 e. The summed E-state index contributed by atoms with van der Waals surface area (Å²) in [6.07, 6.45) is 0.904. The monoisotopic (exact) mass is 400 g/mol. The van der Waals surface area contributed by atoms with Gasteiger partial charge in [-0.3, -0.25) is 5.10 Å². The number of urea groups is 1. The zero-order valence-electron chi connectivity index (χ0n) is 16.0. The van der Waals surface area contributed by atoms with E-state index in [1.807, 2.05) is 31.2 Å². The van der Waals surface area contributed by atoms with E-state index >= 15 is 0 Å². The molecule has 144 valence electrons. The number of thiophene rings is 1. The maximum atomic E-state index is 12.2. The van der Waals surface area contributed by atoms with Crippen LogP contribution >= 0.6 is 11.3 Å². The van der Waals surface area contributed by atoms with Crippen molar-refractivity contribution in [3.05, 3.63) is 82.2 Å². The first-order valence-electron chi connectivity index (χ1n) is 9.53. The Kier molecular flexibility index (Phi) is 4.41. The molecule has 3 N–H and O–H groups in total. The number of aromatic amines is 1. The van der Waals surface area contributed by atoms with E-state index in [2.05, 4.69) is 57.2 Å². The second-order valence-corrected chi connectivity index (χ2v) is 8.37. The van der Waals surface area contributed by atoms with Crippen molar-refractivity contribution in [3.8, 4) is 21.8 Å². The van der Waals surface area contributed by atoms with Gasteiger partial charge in [0.15, 0.2) is 0 Å². The molecule has 0 spiro atoms. The third-order valence-electron chi connectivity index (χ3n) is 5.12. The van der Waals surface area contributed by atoms with Gasteiger partial charge in [-0.2, -0.15) is 5.10 Å². The molecular formula is C23H20N4OS. The summed E-state index contributed by atoms with van der Waals surface area (Å²) in [7, 11) is 0. The number of carbonyl (C=O) groups excluding carboxylic acids is 1.